The van der Waals surface area contributed by atoms with E-state index in [0.29, 0.717) is 4.88 Å². The predicted octanol–water partition coefficient (Wildman–Crippen LogP) is 2.74. The summed E-state index contributed by atoms with van der Waals surface area (Å²) in [5.74, 6) is 0. The fourth-order valence-electron chi connectivity index (χ4n) is 0.697. The lowest BCUT2D eigenvalue weighted by Gasteiger charge is -1.89. The van der Waals surface area contributed by atoms with E-state index in [1.54, 1.807) is 0 Å². The van der Waals surface area contributed by atoms with Gasteiger partial charge in [-0.25, -0.2) is 0 Å². The standard InChI is InChI=1S/C7H7ClOS/c1-4-3-10-6(5(4)2)7(8)9/h3H,1-2H3. The third-order valence-electron chi connectivity index (χ3n) is 1.46. The smallest absolute Gasteiger partial charge is 0.262 e. The van der Waals surface area contributed by atoms with E-state index < -0.39 is 0 Å². The van der Waals surface area contributed by atoms with Crippen LogP contribution in [0.25, 0.3) is 0 Å². The quantitative estimate of drug-likeness (QED) is 0.599. The zero-order chi connectivity index (χ0) is 7.72. The zero-order valence-electron chi connectivity index (χ0n) is 5.77. The van der Waals surface area contributed by atoms with E-state index >= 15 is 0 Å². The van der Waals surface area contributed by atoms with Crippen LogP contribution in [0.4, 0.5) is 0 Å². The van der Waals surface area contributed by atoms with E-state index in [9.17, 15) is 4.79 Å². The highest BCUT2D eigenvalue weighted by molar-refractivity contribution is 7.14. The molecule has 0 unspecified atom stereocenters. The Hall–Kier alpha value is -0.340. The van der Waals surface area contributed by atoms with Crippen molar-refractivity contribution in [3.05, 3.63) is 21.4 Å². The van der Waals surface area contributed by atoms with Crippen LogP contribution in [0.15, 0.2) is 5.38 Å². The van der Waals surface area contributed by atoms with Crippen molar-refractivity contribution in [2.75, 3.05) is 0 Å². The van der Waals surface area contributed by atoms with Crippen molar-refractivity contribution >= 4 is 28.2 Å². The second-order valence-corrected chi connectivity index (χ2v) is 3.37. The van der Waals surface area contributed by atoms with Gasteiger partial charge < -0.3 is 0 Å². The molecule has 0 N–H and O–H groups in total. The summed E-state index contributed by atoms with van der Waals surface area (Å²) in [5.41, 5.74) is 2.14. The molecule has 1 rings (SSSR count). The normalized spacial score (nSPS) is 9.90. The SMILES string of the molecule is Cc1csc(C(=O)Cl)c1C. The Bertz CT molecular complexity index is 265. The molecule has 0 aromatic carbocycles. The van der Waals surface area contributed by atoms with Gasteiger partial charge in [0.25, 0.3) is 5.24 Å². The van der Waals surface area contributed by atoms with E-state index in [1.807, 2.05) is 19.2 Å². The van der Waals surface area contributed by atoms with Gasteiger partial charge in [0, 0.05) is 0 Å². The molecule has 0 saturated heterocycles. The van der Waals surface area contributed by atoms with Crippen LogP contribution in [0.1, 0.15) is 20.8 Å². The topological polar surface area (TPSA) is 17.1 Å². The minimum absolute atomic E-state index is 0.351. The van der Waals surface area contributed by atoms with Crippen LogP contribution in [0.5, 0.6) is 0 Å². The summed E-state index contributed by atoms with van der Waals surface area (Å²) >= 11 is 6.70. The van der Waals surface area contributed by atoms with Crippen molar-refractivity contribution in [2.45, 2.75) is 13.8 Å². The number of hydrogen-bond donors (Lipinski definition) is 0. The highest BCUT2D eigenvalue weighted by atomic mass is 35.5. The van der Waals surface area contributed by atoms with Crippen LogP contribution in [-0.2, 0) is 0 Å². The van der Waals surface area contributed by atoms with Crippen molar-refractivity contribution < 1.29 is 4.79 Å². The first kappa shape index (κ1) is 7.76. The number of carbonyl (C=O) groups is 1. The summed E-state index contributed by atoms with van der Waals surface area (Å²) in [5, 5.41) is 1.58. The maximum Gasteiger partial charge on any atom is 0.262 e. The monoisotopic (exact) mass is 174 g/mol. The summed E-state index contributed by atoms with van der Waals surface area (Å²) in [6.45, 7) is 3.87. The number of aryl methyl sites for hydroxylation is 1. The fourth-order valence-corrected chi connectivity index (χ4v) is 1.87. The molecule has 0 aliphatic heterocycles. The molecule has 0 aliphatic carbocycles. The van der Waals surface area contributed by atoms with E-state index in [1.165, 1.54) is 11.3 Å². The van der Waals surface area contributed by atoms with Gasteiger partial charge in [0.05, 0.1) is 4.88 Å². The molecule has 0 spiro atoms. The molecular formula is C7H7ClOS. The molecule has 0 bridgehead atoms. The number of halogens is 1. The summed E-state index contributed by atoms with van der Waals surface area (Å²) in [4.78, 5) is 11.3. The van der Waals surface area contributed by atoms with Gasteiger partial charge >= 0.3 is 0 Å². The molecule has 0 saturated carbocycles. The Morgan fingerprint density at radius 1 is 1.60 bits per heavy atom. The summed E-state index contributed by atoms with van der Waals surface area (Å²) in [7, 11) is 0. The highest BCUT2D eigenvalue weighted by Crippen LogP contribution is 2.22. The van der Waals surface area contributed by atoms with Gasteiger partial charge in [0.2, 0.25) is 0 Å². The van der Waals surface area contributed by atoms with Crippen LogP contribution >= 0.6 is 22.9 Å². The van der Waals surface area contributed by atoms with Gasteiger partial charge in [-0.1, -0.05) is 0 Å². The number of hydrogen-bond acceptors (Lipinski definition) is 2. The molecule has 1 aromatic heterocycles. The molecular weight excluding hydrogens is 168 g/mol. The molecule has 1 nitrogen and oxygen atoms in total. The lowest BCUT2D eigenvalue weighted by molar-refractivity contribution is 0.108. The van der Waals surface area contributed by atoms with E-state index in [2.05, 4.69) is 0 Å². The Kier molecular flexibility index (Phi) is 2.11. The fraction of sp³-hybridized carbons (Fsp3) is 0.286. The number of thiophene rings is 1. The highest BCUT2D eigenvalue weighted by Gasteiger charge is 2.08. The Balaban J connectivity index is 3.17. The molecule has 54 valence electrons. The lowest BCUT2D eigenvalue weighted by atomic mass is 10.2. The summed E-state index contributed by atoms with van der Waals surface area (Å²) in [6, 6.07) is 0. The second kappa shape index (κ2) is 2.72. The Labute approximate surface area is 68.6 Å². The van der Waals surface area contributed by atoms with Crippen LogP contribution in [-0.4, -0.2) is 5.24 Å². The molecule has 10 heavy (non-hydrogen) atoms. The number of carbonyl (C=O) groups excluding carboxylic acids is 1. The molecule has 3 heteroatoms. The zero-order valence-corrected chi connectivity index (χ0v) is 7.34. The Morgan fingerprint density at radius 2 is 2.20 bits per heavy atom. The molecule has 0 fully saturated rings. The van der Waals surface area contributed by atoms with Gasteiger partial charge in [-0.2, -0.15) is 0 Å². The molecule has 0 amide bonds. The first-order valence-corrected chi connectivity index (χ1v) is 4.13. The van der Waals surface area contributed by atoms with Gasteiger partial charge in [0.1, 0.15) is 0 Å². The Morgan fingerprint density at radius 3 is 2.40 bits per heavy atom. The van der Waals surface area contributed by atoms with Crippen molar-refractivity contribution in [1.29, 1.82) is 0 Å². The van der Waals surface area contributed by atoms with Crippen LogP contribution in [0, 0.1) is 13.8 Å². The average molecular weight is 175 g/mol. The summed E-state index contributed by atoms with van der Waals surface area (Å²) in [6.07, 6.45) is 0. The third kappa shape index (κ3) is 1.22. The maximum absolute atomic E-state index is 10.7. The van der Waals surface area contributed by atoms with E-state index in [-0.39, 0.29) is 5.24 Å². The van der Waals surface area contributed by atoms with Crippen molar-refractivity contribution in [1.82, 2.24) is 0 Å². The lowest BCUT2D eigenvalue weighted by Crippen LogP contribution is -1.86. The second-order valence-electron chi connectivity index (χ2n) is 2.15. The summed E-state index contributed by atoms with van der Waals surface area (Å²) < 4.78 is 0. The van der Waals surface area contributed by atoms with Crippen LogP contribution in [0.3, 0.4) is 0 Å². The predicted molar refractivity (Wildman–Crippen MR) is 44.0 cm³/mol. The van der Waals surface area contributed by atoms with Crippen molar-refractivity contribution in [3.63, 3.8) is 0 Å². The molecule has 0 radical (unpaired) electrons. The maximum atomic E-state index is 10.7. The molecule has 1 aromatic rings. The third-order valence-corrected chi connectivity index (χ3v) is 2.96. The van der Waals surface area contributed by atoms with Gasteiger partial charge in [-0.15, -0.1) is 11.3 Å². The average Bonchev–Trinajstić information content (AvgIpc) is 2.14. The first-order valence-electron chi connectivity index (χ1n) is 2.87. The van der Waals surface area contributed by atoms with Crippen molar-refractivity contribution in [3.8, 4) is 0 Å². The van der Waals surface area contributed by atoms with Gasteiger partial charge in [0.15, 0.2) is 0 Å². The minimum atomic E-state index is -0.351. The molecule has 0 atom stereocenters. The molecule has 1 heterocycles. The largest absolute Gasteiger partial charge is 0.275 e. The van der Waals surface area contributed by atoms with Crippen LogP contribution < -0.4 is 0 Å². The minimum Gasteiger partial charge on any atom is -0.275 e. The van der Waals surface area contributed by atoms with Crippen LogP contribution in [0.2, 0.25) is 0 Å². The number of rotatable bonds is 1. The van der Waals surface area contributed by atoms with Gasteiger partial charge in [-0.05, 0) is 42.0 Å². The molecule has 0 aliphatic rings. The van der Waals surface area contributed by atoms with Gasteiger partial charge in [-0.3, -0.25) is 4.79 Å². The van der Waals surface area contributed by atoms with E-state index in [4.69, 9.17) is 11.6 Å². The van der Waals surface area contributed by atoms with E-state index in [0.717, 1.165) is 11.1 Å². The first-order chi connectivity index (χ1) is 4.63. The van der Waals surface area contributed by atoms with Crippen molar-refractivity contribution in [2.24, 2.45) is 0 Å².